The first-order valence-electron chi connectivity index (χ1n) is 8.04. The van der Waals surface area contributed by atoms with Gasteiger partial charge in [0.15, 0.2) is 11.6 Å². The lowest BCUT2D eigenvalue weighted by molar-refractivity contribution is 0.307. The van der Waals surface area contributed by atoms with Crippen molar-refractivity contribution in [2.75, 3.05) is 24.7 Å². The number of rotatable bonds is 5. The van der Waals surface area contributed by atoms with Crippen LogP contribution in [0.2, 0.25) is 10.0 Å². The summed E-state index contributed by atoms with van der Waals surface area (Å²) in [5.74, 6) is 0.817. The highest BCUT2D eigenvalue weighted by Gasteiger charge is 2.10. The molecular weight excluding hydrogens is 369 g/mol. The Labute approximate surface area is 163 Å². The summed E-state index contributed by atoms with van der Waals surface area (Å²) in [5.41, 5.74) is 9.76. The molecule has 0 bridgehead atoms. The van der Waals surface area contributed by atoms with E-state index >= 15 is 0 Å². The van der Waals surface area contributed by atoms with Gasteiger partial charge in [-0.25, -0.2) is 4.98 Å². The van der Waals surface area contributed by atoms with Gasteiger partial charge in [0.2, 0.25) is 0 Å². The van der Waals surface area contributed by atoms with Gasteiger partial charge in [0, 0.05) is 47.2 Å². The van der Waals surface area contributed by atoms with Crippen molar-refractivity contribution in [3.63, 3.8) is 0 Å². The van der Waals surface area contributed by atoms with E-state index in [1.165, 1.54) is 0 Å². The fraction of sp³-hybridized carbons (Fsp3) is 0.150. The van der Waals surface area contributed by atoms with Gasteiger partial charge >= 0.3 is 0 Å². The van der Waals surface area contributed by atoms with Crippen LogP contribution in [-0.2, 0) is 6.61 Å². The smallest absolute Gasteiger partial charge is 0.166 e. The Hall–Kier alpha value is -2.43. The number of anilines is 2. The van der Waals surface area contributed by atoms with E-state index in [0.29, 0.717) is 21.6 Å². The summed E-state index contributed by atoms with van der Waals surface area (Å²) in [4.78, 5) is 6.30. The number of ether oxygens (including phenoxy) is 1. The number of nitrogen functional groups attached to an aromatic ring is 1. The zero-order valence-electron chi connectivity index (χ0n) is 14.5. The normalized spacial score (nSPS) is 10.6. The van der Waals surface area contributed by atoms with Crippen molar-refractivity contribution in [2.45, 2.75) is 6.61 Å². The Morgan fingerprint density at radius 1 is 1.00 bits per heavy atom. The molecule has 4 nitrogen and oxygen atoms in total. The standard InChI is InChI=1S/C20H19Cl2N3O/c1-25(2)15-8-6-13(7-9-15)14-10-19(20(23)24-11-14)26-12-16-17(21)4-3-5-18(16)22/h3-11H,12H2,1-2H3,(H2,23,24). The molecule has 26 heavy (non-hydrogen) atoms. The Balaban J connectivity index is 1.84. The van der Waals surface area contributed by atoms with Gasteiger partial charge in [0.25, 0.3) is 0 Å². The maximum absolute atomic E-state index is 6.19. The van der Waals surface area contributed by atoms with Gasteiger partial charge in [-0.3, -0.25) is 0 Å². The van der Waals surface area contributed by atoms with E-state index in [-0.39, 0.29) is 6.61 Å². The summed E-state index contributed by atoms with van der Waals surface area (Å²) in [5, 5.41) is 1.11. The second-order valence-electron chi connectivity index (χ2n) is 6.04. The fourth-order valence-corrected chi connectivity index (χ4v) is 3.01. The minimum atomic E-state index is 0.216. The van der Waals surface area contributed by atoms with Gasteiger partial charge in [-0.05, 0) is 35.9 Å². The number of benzene rings is 2. The highest BCUT2D eigenvalue weighted by Crippen LogP contribution is 2.30. The molecule has 0 fully saturated rings. The number of nitrogens with two attached hydrogens (primary N) is 1. The maximum Gasteiger partial charge on any atom is 0.166 e. The van der Waals surface area contributed by atoms with Gasteiger partial charge in [0.1, 0.15) is 6.61 Å². The molecule has 0 aliphatic carbocycles. The van der Waals surface area contributed by atoms with E-state index in [1.807, 2.05) is 37.2 Å². The molecule has 1 heterocycles. The van der Waals surface area contributed by atoms with Crippen LogP contribution in [0.3, 0.4) is 0 Å². The molecule has 0 spiro atoms. The molecule has 2 N–H and O–H groups in total. The molecule has 6 heteroatoms. The van der Waals surface area contributed by atoms with Crippen LogP contribution < -0.4 is 15.4 Å². The minimum Gasteiger partial charge on any atom is -0.485 e. The minimum absolute atomic E-state index is 0.216. The van der Waals surface area contributed by atoms with Crippen molar-refractivity contribution < 1.29 is 4.74 Å². The zero-order valence-corrected chi connectivity index (χ0v) is 16.1. The molecule has 0 aliphatic heterocycles. The van der Waals surface area contributed by atoms with E-state index in [0.717, 1.165) is 22.4 Å². The molecule has 1 aromatic heterocycles. The summed E-state index contributed by atoms with van der Waals surface area (Å²) in [6, 6.07) is 15.4. The largest absolute Gasteiger partial charge is 0.485 e. The van der Waals surface area contributed by atoms with Gasteiger partial charge < -0.3 is 15.4 Å². The zero-order chi connectivity index (χ0) is 18.7. The molecule has 2 aromatic carbocycles. The number of nitrogens with zero attached hydrogens (tertiary/aromatic N) is 2. The quantitative estimate of drug-likeness (QED) is 0.646. The monoisotopic (exact) mass is 387 g/mol. The van der Waals surface area contributed by atoms with Crippen molar-refractivity contribution in [1.29, 1.82) is 0 Å². The Morgan fingerprint density at radius 2 is 1.65 bits per heavy atom. The predicted molar refractivity (Wildman–Crippen MR) is 109 cm³/mol. The summed E-state index contributed by atoms with van der Waals surface area (Å²) in [7, 11) is 4.01. The first kappa shape index (κ1) is 18.4. The van der Waals surface area contributed by atoms with E-state index in [1.54, 1.807) is 24.4 Å². The maximum atomic E-state index is 6.19. The third-order valence-corrected chi connectivity index (χ3v) is 4.74. The van der Waals surface area contributed by atoms with Crippen LogP contribution in [0.15, 0.2) is 54.7 Å². The van der Waals surface area contributed by atoms with Crippen LogP contribution in [-0.4, -0.2) is 19.1 Å². The summed E-state index contributed by atoms with van der Waals surface area (Å²) < 4.78 is 5.84. The number of hydrogen-bond acceptors (Lipinski definition) is 4. The Morgan fingerprint density at radius 3 is 2.27 bits per heavy atom. The summed E-state index contributed by atoms with van der Waals surface area (Å²) in [6.07, 6.45) is 1.73. The Kier molecular flexibility index (Phi) is 5.55. The number of aromatic nitrogens is 1. The third-order valence-electron chi connectivity index (χ3n) is 4.03. The highest BCUT2D eigenvalue weighted by molar-refractivity contribution is 6.35. The third kappa shape index (κ3) is 4.03. The lowest BCUT2D eigenvalue weighted by Gasteiger charge is -2.14. The lowest BCUT2D eigenvalue weighted by atomic mass is 10.1. The van der Waals surface area contributed by atoms with Crippen LogP contribution >= 0.6 is 23.2 Å². The first-order valence-corrected chi connectivity index (χ1v) is 8.80. The average molecular weight is 388 g/mol. The molecule has 0 unspecified atom stereocenters. The molecular formula is C20H19Cl2N3O. The molecule has 0 aliphatic rings. The van der Waals surface area contributed by atoms with Gasteiger partial charge in [-0.2, -0.15) is 0 Å². The number of halogens is 2. The average Bonchev–Trinajstić information content (AvgIpc) is 2.63. The Bertz CT molecular complexity index is 891. The van der Waals surface area contributed by atoms with Crippen LogP contribution in [0.4, 0.5) is 11.5 Å². The van der Waals surface area contributed by atoms with Crippen molar-refractivity contribution in [3.05, 3.63) is 70.3 Å². The van der Waals surface area contributed by atoms with E-state index in [2.05, 4.69) is 17.1 Å². The summed E-state index contributed by atoms with van der Waals surface area (Å²) >= 11 is 12.4. The number of pyridine rings is 1. The van der Waals surface area contributed by atoms with Gasteiger partial charge in [-0.15, -0.1) is 0 Å². The van der Waals surface area contributed by atoms with E-state index < -0.39 is 0 Å². The van der Waals surface area contributed by atoms with Crippen LogP contribution in [0.1, 0.15) is 5.56 Å². The molecule has 134 valence electrons. The van der Waals surface area contributed by atoms with E-state index in [9.17, 15) is 0 Å². The lowest BCUT2D eigenvalue weighted by Crippen LogP contribution is -2.07. The fourth-order valence-electron chi connectivity index (χ4n) is 2.50. The molecule has 0 atom stereocenters. The molecule has 0 saturated carbocycles. The SMILES string of the molecule is CN(C)c1ccc(-c2cnc(N)c(OCc3c(Cl)cccc3Cl)c2)cc1. The first-order chi connectivity index (χ1) is 12.5. The topological polar surface area (TPSA) is 51.4 Å². The molecule has 3 rings (SSSR count). The number of hydrogen-bond donors (Lipinski definition) is 1. The molecule has 3 aromatic rings. The van der Waals surface area contributed by atoms with Crippen molar-refractivity contribution in [2.24, 2.45) is 0 Å². The molecule has 0 radical (unpaired) electrons. The molecule has 0 saturated heterocycles. The molecule has 0 amide bonds. The van der Waals surface area contributed by atoms with Crippen LogP contribution in [0.5, 0.6) is 5.75 Å². The van der Waals surface area contributed by atoms with Crippen LogP contribution in [0, 0.1) is 0 Å². The highest BCUT2D eigenvalue weighted by atomic mass is 35.5. The second kappa shape index (κ2) is 7.85. The summed E-state index contributed by atoms with van der Waals surface area (Å²) in [6.45, 7) is 0.216. The van der Waals surface area contributed by atoms with Crippen LogP contribution in [0.25, 0.3) is 11.1 Å². The van der Waals surface area contributed by atoms with Gasteiger partial charge in [0.05, 0.1) is 0 Å². The predicted octanol–water partition coefficient (Wildman–Crippen LogP) is 5.28. The second-order valence-corrected chi connectivity index (χ2v) is 6.85. The van der Waals surface area contributed by atoms with Crippen molar-refractivity contribution in [3.8, 4) is 16.9 Å². The van der Waals surface area contributed by atoms with Crippen molar-refractivity contribution in [1.82, 2.24) is 4.98 Å². The van der Waals surface area contributed by atoms with Crippen molar-refractivity contribution >= 4 is 34.7 Å². The van der Waals surface area contributed by atoms with E-state index in [4.69, 9.17) is 33.7 Å². The van der Waals surface area contributed by atoms with Gasteiger partial charge in [-0.1, -0.05) is 41.4 Å².